The highest BCUT2D eigenvalue weighted by Gasteiger charge is 2.43. The summed E-state index contributed by atoms with van der Waals surface area (Å²) >= 11 is 0. The molecule has 0 aromatic heterocycles. The van der Waals surface area contributed by atoms with Crippen LogP contribution in [-0.2, 0) is 4.79 Å². The van der Waals surface area contributed by atoms with Crippen LogP contribution in [-0.4, -0.2) is 41.1 Å². The van der Waals surface area contributed by atoms with Crippen LogP contribution >= 0.6 is 0 Å². The Bertz CT molecular complexity index is 424. The smallest absolute Gasteiger partial charge is 0.317 e. The predicted octanol–water partition coefficient (Wildman–Crippen LogP) is 3.00. The molecule has 124 valence electrons. The molecule has 22 heavy (non-hydrogen) atoms. The van der Waals surface area contributed by atoms with Crippen molar-refractivity contribution in [2.75, 3.05) is 13.1 Å². The normalized spacial score (nSPS) is 28.7. The first-order chi connectivity index (χ1) is 10.6. The average Bonchev–Trinajstić information content (AvgIpc) is 2.99. The molecular formula is C17H28N2O3. The topological polar surface area (TPSA) is 69.6 Å². The number of carboxylic acid groups (broad SMARTS) is 1. The van der Waals surface area contributed by atoms with E-state index in [0.717, 1.165) is 6.42 Å². The van der Waals surface area contributed by atoms with Crippen LogP contribution in [0.25, 0.3) is 0 Å². The first-order valence-corrected chi connectivity index (χ1v) is 8.89. The van der Waals surface area contributed by atoms with E-state index in [-0.39, 0.29) is 11.9 Å². The Labute approximate surface area is 132 Å². The van der Waals surface area contributed by atoms with Crippen LogP contribution in [0.2, 0.25) is 0 Å². The van der Waals surface area contributed by atoms with Crippen LogP contribution in [0, 0.1) is 11.3 Å². The van der Waals surface area contributed by atoms with Crippen molar-refractivity contribution in [3.8, 4) is 0 Å². The fraction of sp³-hybridized carbons (Fsp3) is 0.882. The van der Waals surface area contributed by atoms with Crippen molar-refractivity contribution in [1.82, 2.24) is 10.2 Å². The average molecular weight is 308 g/mol. The number of carbonyl (C=O) groups is 2. The van der Waals surface area contributed by atoms with Gasteiger partial charge >= 0.3 is 12.0 Å². The molecule has 3 fully saturated rings. The number of urea groups is 1. The number of likely N-dealkylation sites (tertiary alicyclic amines) is 1. The van der Waals surface area contributed by atoms with Crippen molar-refractivity contribution in [2.24, 2.45) is 11.3 Å². The molecule has 2 N–H and O–H groups in total. The van der Waals surface area contributed by atoms with Gasteiger partial charge in [0.15, 0.2) is 0 Å². The fourth-order valence-corrected chi connectivity index (χ4v) is 4.78. The Morgan fingerprint density at radius 2 is 1.55 bits per heavy atom. The summed E-state index contributed by atoms with van der Waals surface area (Å²) < 4.78 is 0. The molecule has 2 amide bonds. The quantitative estimate of drug-likeness (QED) is 0.824. The number of rotatable bonds is 2. The second kappa shape index (κ2) is 6.47. The van der Waals surface area contributed by atoms with Gasteiger partial charge in [-0.05, 0) is 43.9 Å². The van der Waals surface area contributed by atoms with E-state index >= 15 is 0 Å². The molecular weight excluding hydrogens is 280 g/mol. The molecule has 0 aromatic rings. The van der Waals surface area contributed by atoms with Crippen LogP contribution in [0.15, 0.2) is 0 Å². The minimum atomic E-state index is -0.725. The third kappa shape index (κ3) is 3.08. The lowest BCUT2D eigenvalue weighted by Crippen LogP contribution is -2.54. The van der Waals surface area contributed by atoms with Crippen molar-refractivity contribution >= 4 is 12.0 Å². The van der Waals surface area contributed by atoms with Gasteiger partial charge in [0.2, 0.25) is 0 Å². The molecule has 3 rings (SSSR count). The van der Waals surface area contributed by atoms with Gasteiger partial charge in [-0.2, -0.15) is 0 Å². The maximum absolute atomic E-state index is 12.6. The third-order valence-corrected chi connectivity index (χ3v) is 6.19. The monoisotopic (exact) mass is 308 g/mol. The van der Waals surface area contributed by atoms with Crippen LogP contribution in [0.3, 0.4) is 0 Å². The molecule has 0 bridgehead atoms. The summed E-state index contributed by atoms with van der Waals surface area (Å²) in [6.45, 7) is 1.14. The molecule has 1 unspecified atom stereocenters. The third-order valence-electron chi connectivity index (χ3n) is 6.19. The Morgan fingerprint density at radius 1 is 0.955 bits per heavy atom. The minimum Gasteiger partial charge on any atom is -0.481 e. The second-order valence-corrected chi connectivity index (χ2v) is 7.42. The van der Waals surface area contributed by atoms with Crippen molar-refractivity contribution in [3.05, 3.63) is 0 Å². The minimum absolute atomic E-state index is 0.0296. The number of nitrogens with zero attached hydrogens (tertiary/aromatic N) is 1. The number of aliphatic carboxylic acids is 1. The van der Waals surface area contributed by atoms with E-state index in [0.29, 0.717) is 37.4 Å². The lowest BCUT2D eigenvalue weighted by molar-refractivity contribution is -0.143. The van der Waals surface area contributed by atoms with Crippen molar-refractivity contribution in [3.63, 3.8) is 0 Å². The maximum Gasteiger partial charge on any atom is 0.317 e. The summed E-state index contributed by atoms with van der Waals surface area (Å²) in [6, 6.07) is 0.357. The maximum atomic E-state index is 12.6. The van der Waals surface area contributed by atoms with E-state index in [9.17, 15) is 9.59 Å². The largest absolute Gasteiger partial charge is 0.481 e. The second-order valence-electron chi connectivity index (χ2n) is 7.42. The molecule has 2 saturated carbocycles. The van der Waals surface area contributed by atoms with E-state index in [1.54, 1.807) is 0 Å². The number of carbonyl (C=O) groups excluding carboxylic acids is 1. The first kappa shape index (κ1) is 15.6. The predicted molar refractivity (Wildman–Crippen MR) is 83.6 cm³/mol. The zero-order chi connectivity index (χ0) is 15.6. The number of hydrogen-bond donors (Lipinski definition) is 2. The van der Waals surface area contributed by atoms with Crippen LogP contribution in [0.4, 0.5) is 4.79 Å². The number of carboxylic acids is 1. The lowest BCUT2D eigenvalue weighted by atomic mass is 9.69. The Hall–Kier alpha value is -1.26. The number of nitrogens with one attached hydrogen (secondary N) is 1. The Balaban J connectivity index is 1.56. The molecule has 1 heterocycles. The fourth-order valence-electron chi connectivity index (χ4n) is 4.78. The molecule has 1 atom stereocenters. The Kier molecular flexibility index (Phi) is 4.59. The van der Waals surface area contributed by atoms with Crippen LogP contribution in [0.5, 0.6) is 0 Å². The van der Waals surface area contributed by atoms with Gasteiger partial charge in [0.05, 0.1) is 5.92 Å². The zero-order valence-electron chi connectivity index (χ0n) is 13.4. The van der Waals surface area contributed by atoms with Gasteiger partial charge in [-0.1, -0.05) is 25.7 Å². The molecule has 1 saturated heterocycles. The number of hydrogen-bond acceptors (Lipinski definition) is 2. The van der Waals surface area contributed by atoms with Crippen molar-refractivity contribution in [2.45, 2.75) is 70.3 Å². The van der Waals surface area contributed by atoms with E-state index < -0.39 is 5.97 Å². The summed E-state index contributed by atoms with van der Waals surface area (Å²) in [5.74, 6) is -1.00. The summed E-state index contributed by atoms with van der Waals surface area (Å²) in [4.78, 5) is 25.4. The standard InChI is InChI=1S/C17H28N2O3/c20-15(21)13-6-11-19(12-7-13)16(22)18-14-5-1-2-8-17(14)9-3-4-10-17/h13-14H,1-12H2,(H,18,22)(H,20,21). The van der Waals surface area contributed by atoms with Crippen LogP contribution in [0.1, 0.15) is 64.2 Å². The highest BCUT2D eigenvalue weighted by molar-refractivity contribution is 5.75. The molecule has 5 nitrogen and oxygen atoms in total. The van der Waals surface area contributed by atoms with Gasteiger partial charge in [-0.3, -0.25) is 4.79 Å². The van der Waals surface area contributed by atoms with Gasteiger partial charge in [0.25, 0.3) is 0 Å². The summed E-state index contributed by atoms with van der Waals surface area (Å²) in [5.41, 5.74) is 0.354. The van der Waals surface area contributed by atoms with Crippen LogP contribution < -0.4 is 5.32 Å². The van der Waals surface area contributed by atoms with Gasteiger partial charge in [-0.15, -0.1) is 0 Å². The van der Waals surface area contributed by atoms with Gasteiger partial charge in [0.1, 0.15) is 0 Å². The number of piperidine rings is 1. The van der Waals surface area contributed by atoms with E-state index in [4.69, 9.17) is 5.11 Å². The highest BCUT2D eigenvalue weighted by atomic mass is 16.4. The highest BCUT2D eigenvalue weighted by Crippen LogP contribution is 2.49. The van der Waals surface area contributed by atoms with Crippen molar-refractivity contribution in [1.29, 1.82) is 0 Å². The molecule has 2 aliphatic carbocycles. The number of amides is 2. The SMILES string of the molecule is O=C(O)C1CCN(C(=O)NC2CCCCC23CCCC3)CC1. The van der Waals surface area contributed by atoms with Crippen molar-refractivity contribution < 1.29 is 14.7 Å². The van der Waals surface area contributed by atoms with E-state index in [1.807, 2.05) is 4.90 Å². The lowest BCUT2D eigenvalue weighted by Gasteiger charge is -2.43. The molecule has 1 aliphatic heterocycles. The van der Waals surface area contributed by atoms with Gasteiger partial charge < -0.3 is 15.3 Å². The molecule has 0 aromatic carbocycles. The summed E-state index contributed by atoms with van der Waals surface area (Å²) in [7, 11) is 0. The van der Waals surface area contributed by atoms with E-state index in [2.05, 4.69) is 5.32 Å². The first-order valence-electron chi connectivity index (χ1n) is 8.89. The van der Waals surface area contributed by atoms with E-state index in [1.165, 1.54) is 44.9 Å². The molecule has 0 radical (unpaired) electrons. The zero-order valence-corrected chi connectivity index (χ0v) is 13.4. The molecule has 3 aliphatic rings. The van der Waals surface area contributed by atoms with Gasteiger partial charge in [-0.25, -0.2) is 4.79 Å². The summed E-state index contributed by atoms with van der Waals surface area (Å²) in [6.07, 6.45) is 11.2. The molecule has 5 heteroatoms. The van der Waals surface area contributed by atoms with Gasteiger partial charge in [0, 0.05) is 19.1 Å². The Morgan fingerprint density at radius 3 is 2.14 bits per heavy atom. The molecule has 1 spiro atoms. The summed E-state index contributed by atoms with van der Waals surface area (Å²) in [5, 5.41) is 12.3.